The van der Waals surface area contributed by atoms with Crippen molar-refractivity contribution >= 4 is 6.03 Å². The molecule has 2 amide bonds. The van der Waals surface area contributed by atoms with E-state index in [-0.39, 0.29) is 6.03 Å². The van der Waals surface area contributed by atoms with E-state index < -0.39 is 0 Å². The quantitative estimate of drug-likeness (QED) is 0.857. The summed E-state index contributed by atoms with van der Waals surface area (Å²) in [5.41, 5.74) is 2.66. The molecule has 3 heterocycles. The van der Waals surface area contributed by atoms with Crippen LogP contribution in [0.1, 0.15) is 29.9 Å². The number of benzene rings is 1. The number of urea groups is 1. The number of aromatic nitrogens is 1. The molecule has 142 valence electrons. The number of likely N-dealkylation sites (tertiary alicyclic amines) is 2. The number of carbonyl (C=O) groups excluding carboxylic acids is 1. The van der Waals surface area contributed by atoms with Gasteiger partial charge in [0.25, 0.3) is 0 Å². The first-order chi connectivity index (χ1) is 13.3. The summed E-state index contributed by atoms with van der Waals surface area (Å²) in [5, 5.41) is 3.10. The van der Waals surface area contributed by atoms with E-state index in [0.717, 1.165) is 45.7 Å². The molecule has 0 bridgehead atoms. The maximum Gasteiger partial charge on any atom is 0.317 e. The Morgan fingerprint density at radius 1 is 1.07 bits per heavy atom. The van der Waals surface area contributed by atoms with Crippen molar-refractivity contribution in [2.75, 3.05) is 32.7 Å². The van der Waals surface area contributed by atoms with Gasteiger partial charge in [-0.1, -0.05) is 30.3 Å². The first-order valence-electron chi connectivity index (χ1n) is 9.97. The zero-order valence-corrected chi connectivity index (χ0v) is 15.8. The van der Waals surface area contributed by atoms with Gasteiger partial charge >= 0.3 is 6.03 Å². The van der Waals surface area contributed by atoms with Crippen LogP contribution in [0, 0.1) is 5.92 Å². The smallest absolute Gasteiger partial charge is 0.317 e. The van der Waals surface area contributed by atoms with E-state index in [0.29, 0.717) is 11.8 Å². The number of amides is 2. The monoisotopic (exact) mass is 364 g/mol. The highest BCUT2D eigenvalue weighted by molar-refractivity contribution is 5.75. The van der Waals surface area contributed by atoms with Crippen LogP contribution in [-0.4, -0.2) is 53.5 Å². The number of nitrogens with one attached hydrogen (secondary N) is 1. The van der Waals surface area contributed by atoms with Crippen LogP contribution in [0.2, 0.25) is 0 Å². The highest BCUT2D eigenvalue weighted by Gasteiger charge is 2.31. The Morgan fingerprint density at radius 2 is 1.85 bits per heavy atom. The Kier molecular flexibility index (Phi) is 5.68. The van der Waals surface area contributed by atoms with Crippen molar-refractivity contribution in [3.8, 4) is 0 Å². The fraction of sp³-hybridized carbons (Fsp3) is 0.455. The minimum Gasteiger partial charge on any atom is -0.338 e. The molecule has 1 N–H and O–H groups in total. The summed E-state index contributed by atoms with van der Waals surface area (Å²) in [6.07, 6.45) is 5.94. The number of hydrogen-bond acceptors (Lipinski definition) is 3. The SMILES string of the molecule is O=C(NCC[C@@H]1CCN(Cc2ccccc2)C1)N1CC(c2ccncc2)C1. The fourth-order valence-electron chi connectivity index (χ4n) is 4.12. The molecular formula is C22H28N4O. The van der Waals surface area contributed by atoms with Crippen molar-refractivity contribution in [3.63, 3.8) is 0 Å². The van der Waals surface area contributed by atoms with Crippen molar-refractivity contribution < 1.29 is 4.79 Å². The Balaban J connectivity index is 1.12. The lowest BCUT2D eigenvalue weighted by atomic mass is 9.93. The standard InChI is InChI=1S/C22H28N4O/c27-22(26-16-21(17-26)20-7-10-23-11-8-20)24-12-6-19-9-13-25(15-19)14-18-4-2-1-3-5-18/h1-5,7-8,10-11,19,21H,6,9,12-17H2,(H,24,27)/t19-/m1/s1. The number of rotatable bonds is 6. The molecule has 5 nitrogen and oxygen atoms in total. The summed E-state index contributed by atoms with van der Waals surface area (Å²) < 4.78 is 0. The Bertz CT molecular complexity index is 730. The van der Waals surface area contributed by atoms with E-state index in [1.165, 1.54) is 17.5 Å². The predicted octanol–water partition coefficient (Wildman–Crippen LogP) is 3.10. The van der Waals surface area contributed by atoms with Crippen molar-refractivity contribution in [3.05, 3.63) is 66.0 Å². The van der Waals surface area contributed by atoms with Gasteiger partial charge in [-0.05, 0) is 48.6 Å². The van der Waals surface area contributed by atoms with Crippen molar-refractivity contribution in [2.24, 2.45) is 5.92 Å². The molecule has 2 aliphatic heterocycles. The normalized spacial score (nSPS) is 20.4. The Hall–Kier alpha value is -2.40. The summed E-state index contributed by atoms with van der Waals surface area (Å²) in [5.74, 6) is 1.15. The van der Waals surface area contributed by atoms with Crippen molar-refractivity contribution in [2.45, 2.75) is 25.3 Å². The highest BCUT2D eigenvalue weighted by atomic mass is 16.2. The molecule has 1 aromatic heterocycles. The molecule has 1 atom stereocenters. The molecule has 2 aliphatic rings. The molecule has 0 spiro atoms. The summed E-state index contributed by atoms with van der Waals surface area (Å²) in [6.45, 7) is 5.73. The molecule has 0 radical (unpaired) electrons. The maximum atomic E-state index is 12.3. The van der Waals surface area contributed by atoms with E-state index in [2.05, 4.69) is 45.5 Å². The van der Waals surface area contributed by atoms with Gasteiger partial charge in [0.15, 0.2) is 0 Å². The van der Waals surface area contributed by atoms with Crippen LogP contribution in [0.15, 0.2) is 54.9 Å². The van der Waals surface area contributed by atoms with Crippen LogP contribution in [0.5, 0.6) is 0 Å². The van der Waals surface area contributed by atoms with Gasteiger partial charge in [0.1, 0.15) is 0 Å². The minimum atomic E-state index is 0.0828. The molecule has 5 heteroatoms. The van der Waals surface area contributed by atoms with Crippen LogP contribution >= 0.6 is 0 Å². The molecule has 1 aromatic carbocycles. The molecule has 2 aromatic rings. The number of pyridine rings is 1. The largest absolute Gasteiger partial charge is 0.338 e. The lowest BCUT2D eigenvalue weighted by Gasteiger charge is -2.39. The molecule has 0 unspecified atom stereocenters. The first kappa shape index (κ1) is 18.0. The van der Waals surface area contributed by atoms with Crippen molar-refractivity contribution in [1.29, 1.82) is 0 Å². The summed E-state index contributed by atoms with van der Waals surface area (Å²) in [6, 6.07) is 14.8. The van der Waals surface area contributed by atoms with E-state index in [4.69, 9.17) is 0 Å². The van der Waals surface area contributed by atoms with Crippen LogP contribution in [-0.2, 0) is 6.54 Å². The molecule has 2 fully saturated rings. The predicted molar refractivity (Wildman–Crippen MR) is 106 cm³/mol. The van der Waals surface area contributed by atoms with Crippen LogP contribution in [0.3, 0.4) is 0 Å². The van der Waals surface area contributed by atoms with E-state index in [9.17, 15) is 4.79 Å². The van der Waals surface area contributed by atoms with E-state index in [1.54, 1.807) is 0 Å². The second-order valence-corrected chi connectivity index (χ2v) is 7.78. The maximum absolute atomic E-state index is 12.3. The van der Waals surface area contributed by atoms with Gasteiger partial charge in [-0.15, -0.1) is 0 Å². The van der Waals surface area contributed by atoms with Gasteiger partial charge in [0, 0.05) is 51.0 Å². The third-order valence-corrected chi connectivity index (χ3v) is 5.79. The van der Waals surface area contributed by atoms with Gasteiger partial charge in [-0.3, -0.25) is 9.88 Å². The zero-order valence-electron chi connectivity index (χ0n) is 15.8. The fourth-order valence-corrected chi connectivity index (χ4v) is 4.12. The molecule has 0 saturated carbocycles. The molecule has 2 saturated heterocycles. The second-order valence-electron chi connectivity index (χ2n) is 7.78. The number of nitrogens with zero attached hydrogens (tertiary/aromatic N) is 3. The third kappa shape index (κ3) is 4.66. The van der Waals surface area contributed by atoms with Crippen molar-refractivity contribution in [1.82, 2.24) is 20.1 Å². The number of carbonyl (C=O) groups is 1. The third-order valence-electron chi connectivity index (χ3n) is 5.79. The second kappa shape index (κ2) is 8.53. The summed E-state index contributed by atoms with van der Waals surface area (Å²) in [4.78, 5) is 20.8. The molecule has 4 rings (SSSR count). The van der Waals surface area contributed by atoms with Gasteiger partial charge in [0.2, 0.25) is 0 Å². The summed E-state index contributed by atoms with van der Waals surface area (Å²) >= 11 is 0. The Labute approximate surface area is 161 Å². The average molecular weight is 364 g/mol. The van der Waals surface area contributed by atoms with Gasteiger partial charge < -0.3 is 10.2 Å². The van der Waals surface area contributed by atoms with Gasteiger partial charge in [-0.2, -0.15) is 0 Å². The van der Waals surface area contributed by atoms with Gasteiger partial charge in [-0.25, -0.2) is 4.79 Å². The Morgan fingerprint density at radius 3 is 2.63 bits per heavy atom. The average Bonchev–Trinajstić information content (AvgIpc) is 3.09. The molecule has 0 aliphatic carbocycles. The first-order valence-corrected chi connectivity index (χ1v) is 9.97. The van der Waals surface area contributed by atoms with Crippen LogP contribution < -0.4 is 5.32 Å². The lowest BCUT2D eigenvalue weighted by Crippen LogP contribution is -2.52. The highest BCUT2D eigenvalue weighted by Crippen LogP contribution is 2.26. The minimum absolute atomic E-state index is 0.0828. The van der Waals surface area contributed by atoms with Gasteiger partial charge in [0.05, 0.1) is 0 Å². The topological polar surface area (TPSA) is 48.5 Å². The lowest BCUT2D eigenvalue weighted by molar-refractivity contribution is 0.151. The van der Waals surface area contributed by atoms with E-state index >= 15 is 0 Å². The zero-order chi connectivity index (χ0) is 18.5. The van der Waals surface area contributed by atoms with E-state index in [1.807, 2.05) is 29.4 Å². The molecule has 27 heavy (non-hydrogen) atoms. The number of hydrogen-bond donors (Lipinski definition) is 1. The summed E-state index contributed by atoms with van der Waals surface area (Å²) in [7, 11) is 0. The van der Waals surface area contributed by atoms with Crippen LogP contribution in [0.25, 0.3) is 0 Å². The molecular weight excluding hydrogens is 336 g/mol. The van der Waals surface area contributed by atoms with Crippen LogP contribution in [0.4, 0.5) is 4.79 Å².